The summed E-state index contributed by atoms with van der Waals surface area (Å²) in [4.78, 5) is 2.19. The van der Waals surface area contributed by atoms with E-state index in [1.54, 1.807) is 6.92 Å². The van der Waals surface area contributed by atoms with E-state index < -0.39 is 11.7 Å². The van der Waals surface area contributed by atoms with E-state index in [1.165, 1.54) is 0 Å². The van der Waals surface area contributed by atoms with Gasteiger partial charge in [-0.05, 0) is 45.0 Å². The van der Waals surface area contributed by atoms with Crippen LogP contribution >= 0.6 is 0 Å². The van der Waals surface area contributed by atoms with Crippen LogP contribution in [0.2, 0.25) is 0 Å². The van der Waals surface area contributed by atoms with Crippen molar-refractivity contribution in [2.45, 2.75) is 45.9 Å². The minimum Gasteiger partial charge on any atom is -0.476 e. The fourth-order valence-electron chi connectivity index (χ4n) is 1.99. The summed E-state index contributed by atoms with van der Waals surface area (Å²) in [7, 11) is 0. The first-order valence-electron chi connectivity index (χ1n) is 6.94. The van der Waals surface area contributed by atoms with Crippen molar-refractivity contribution in [2.24, 2.45) is 0 Å². The average Bonchev–Trinajstić information content (AvgIpc) is 2.38. The predicted octanol–water partition coefficient (Wildman–Crippen LogP) is 2.57. The fourth-order valence-corrected chi connectivity index (χ4v) is 1.99. The molecule has 0 spiro atoms. The fraction of sp³-hybridized carbons (Fsp3) is 0.562. The Labute approximate surface area is 121 Å². The highest BCUT2D eigenvalue weighted by molar-refractivity contribution is 5.27. The van der Waals surface area contributed by atoms with E-state index in [4.69, 9.17) is 10.00 Å². The molecule has 1 rings (SSSR count). The van der Waals surface area contributed by atoms with E-state index in [9.17, 15) is 5.11 Å². The van der Waals surface area contributed by atoms with Crippen LogP contribution in [0.25, 0.3) is 0 Å². The van der Waals surface area contributed by atoms with Crippen molar-refractivity contribution < 1.29 is 9.84 Å². The van der Waals surface area contributed by atoms with E-state index in [0.717, 1.165) is 18.7 Å². The monoisotopic (exact) mass is 276 g/mol. The molecule has 110 valence electrons. The van der Waals surface area contributed by atoms with Crippen LogP contribution in [-0.2, 0) is 6.54 Å². The van der Waals surface area contributed by atoms with Crippen LogP contribution in [0.5, 0.6) is 5.75 Å². The summed E-state index contributed by atoms with van der Waals surface area (Å²) in [6.45, 7) is 9.73. The average molecular weight is 276 g/mol. The molecule has 1 aromatic carbocycles. The van der Waals surface area contributed by atoms with E-state index in [1.807, 2.05) is 44.2 Å². The Morgan fingerprint density at radius 2 is 1.95 bits per heavy atom. The minimum absolute atomic E-state index is 0.442. The standard InChI is InChI=1S/C16H24N2O2/c1-5-18(12-16(3,4)19)11-14-6-8-15(9-7-14)20-13(2)10-17/h6-9,13,19H,5,11-12H2,1-4H3. The minimum atomic E-state index is -0.693. The van der Waals surface area contributed by atoms with E-state index in [2.05, 4.69) is 11.8 Å². The summed E-state index contributed by atoms with van der Waals surface area (Å²) in [5, 5.41) is 18.6. The van der Waals surface area contributed by atoms with Gasteiger partial charge in [-0.2, -0.15) is 5.26 Å². The van der Waals surface area contributed by atoms with Crippen LogP contribution in [-0.4, -0.2) is 34.8 Å². The summed E-state index contributed by atoms with van der Waals surface area (Å²) in [5.74, 6) is 0.702. The maximum atomic E-state index is 9.88. The first-order valence-corrected chi connectivity index (χ1v) is 6.94. The van der Waals surface area contributed by atoms with Gasteiger partial charge >= 0.3 is 0 Å². The van der Waals surface area contributed by atoms with Crippen LogP contribution in [0, 0.1) is 11.3 Å². The molecule has 0 aromatic heterocycles. The lowest BCUT2D eigenvalue weighted by Crippen LogP contribution is -2.38. The topological polar surface area (TPSA) is 56.5 Å². The number of nitrogens with zero attached hydrogens (tertiary/aromatic N) is 2. The Bertz CT molecular complexity index is 443. The van der Waals surface area contributed by atoms with Gasteiger partial charge in [-0.15, -0.1) is 0 Å². The maximum Gasteiger partial charge on any atom is 0.181 e. The van der Waals surface area contributed by atoms with Gasteiger partial charge < -0.3 is 9.84 Å². The Hall–Kier alpha value is -1.57. The highest BCUT2D eigenvalue weighted by Crippen LogP contribution is 2.16. The highest BCUT2D eigenvalue weighted by atomic mass is 16.5. The molecule has 1 N–H and O–H groups in total. The van der Waals surface area contributed by atoms with Crippen LogP contribution in [0.15, 0.2) is 24.3 Å². The molecule has 0 bridgehead atoms. The lowest BCUT2D eigenvalue weighted by molar-refractivity contribution is 0.0353. The van der Waals surface area contributed by atoms with Gasteiger partial charge in [0, 0.05) is 13.1 Å². The van der Waals surface area contributed by atoms with Crippen LogP contribution in [0.3, 0.4) is 0 Å². The first-order chi connectivity index (χ1) is 9.34. The van der Waals surface area contributed by atoms with Crippen molar-refractivity contribution in [1.82, 2.24) is 4.90 Å². The van der Waals surface area contributed by atoms with Gasteiger partial charge in [-0.1, -0.05) is 19.1 Å². The Morgan fingerprint density at radius 3 is 2.40 bits per heavy atom. The van der Waals surface area contributed by atoms with Gasteiger partial charge in [0.15, 0.2) is 6.10 Å². The van der Waals surface area contributed by atoms with Crippen molar-refractivity contribution in [3.05, 3.63) is 29.8 Å². The van der Waals surface area contributed by atoms with Crippen LogP contribution < -0.4 is 4.74 Å². The molecule has 0 saturated heterocycles. The molecule has 0 fully saturated rings. The summed E-state index contributed by atoms with van der Waals surface area (Å²) >= 11 is 0. The van der Waals surface area contributed by atoms with Gasteiger partial charge in [0.05, 0.1) is 5.60 Å². The van der Waals surface area contributed by atoms with Crippen molar-refractivity contribution in [2.75, 3.05) is 13.1 Å². The SMILES string of the molecule is CCN(Cc1ccc(OC(C)C#N)cc1)CC(C)(C)O. The molecular weight excluding hydrogens is 252 g/mol. The number of ether oxygens (including phenoxy) is 1. The summed E-state index contributed by atoms with van der Waals surface area (Å²) in [5.41, 5.74) is 0.467. The molecule has 0 heterocycles. The number of aliphatic hydroxyl groups is 1. The Morgan fingerprint density at radius 1 is 1.35 bits per heavy atom. The van der Waals surface area contributed by atoms with E-state index >= 15 is 0 Å². The predicted molar refractivity (Wildman–Crippen MR) is 79.4 cm³/mol. The van der Waals surface area contributed by atoms with Crippen molar-refractivity contribution >= 4 is 0 Å². The maximum absolute atomic E-state index is 9.88. The summed E-state index contributed by atoms with van der Waals surface area (Å²) in [6, 6.07) is 9.77. The molecule has 4 nitrogen and oxygen atoms in total. The molecular formula is C16H24N2O2. The normalized spacial score (nSPS) is 13.1. The molecule has 0 aliphatic rings. The van der Waals surface area contributed by atoms with Crippen LogP contribution in [0.1, 0.15) is 33.3 Å². The summed E-state index contributed by atoms with van der Waals surface area (Å²) < 4.78 is 5.42. The molecule has 20 heavy (non-hydrogen) atoms. The largest absolute Gasteiger partial charge is 0.476 e. The second-order valence-electron chi connectivity index (χ2n) is 5.65. The molecule has 0 amide bonds. The molecule has 0 radical (unpaired) electrons. The quantitative estimate of drug-likeness (QED) is 0.831. The van der Waals surface area contributed by atoms with Gasteiger partial charge in [-0.25, -0.2) is 0 Å². The van der Waals surface area contributed by atoms with Crippen molar-refractivity contribution in [3.8, 4) is 11.8 Å². The lowest BCUT2D eigenvalue weighted by atomic mass is 10.1. The Kier molecular flexibility index (Phi) is 6.00. The molecule has 0 aliphatic carbocycles. The smallest absolute Gasteiger partial charge is 0.181 e. The number of nitriles is 1. The zero-order valence-corrected chi connectivity index (χ0v) is 12.8. The highest BCUT2D eigenvalue weighted by Gasteiger charge is 2.17. The third-order valence-electron chi connectivity index (χ3n) is 2.88. The zero-order chi connectivity index (χ0) is 15.2. The molecule has 1 atom stereocenters. The third-order valence-corrected chi connectivity index (χ3v) is 2.88. The van der Waals surface area contributed by atoms with Gasteiger partial charge in [0.2, 0.25) is 0 Å². The van der Waals surface area contributed by atoms with Crippen LogP contribution in [0.4, 0.5) is 0 Å². The summed E-state index contributed by atoms with van der Waals surface area (Å²) in [6.07, 6.45) is -0.442. The zero-order valence-electron chi connectivity index (χ0n) is 12.8. The van der Waals surface area contributed by atoms with Crippen molar-refractivity contribution in [1.29, 1.82) is 5.26 Å². The number of likely N-dealkylation sites (N-methyl/N-ethyl adjacent to an activating group) is 1. The van der Waals surface area contributed by atoms with E-state index in [0.29, 0.717) is 12.3 Å². The molecule has 4 heteroatoms. The molecule has 0 saturated carbocycles. The lowest BCUT2D eigenvalue weighted by Gasteiger charge is -2.28. The van der Waals surface area contributed by atoms with Gasteiger partial charge in [0.1, 0.15) is 11.8 Å². The van der Waals surface area contributed by atoms with Gasteiger partial charge in [-0.3, -0.25) is 4.90 Å². The second kappa shape index (κ2) is 7.28. The number of benzene rings is 1. The second-order valence-corrected chi connectivity index (χ2v) is 5.65. The van der Waals surface area contributed by atoms with Gasteiger partial charge in [0.25, 0.3) is 0 Å². The van der Waals surface area contributed by atoms with Crippen molar-refractivity contribution in [3.63, 3.8) is 0 Å². The first kappa shape index (κ1) is 16.5. The third kappa shape index (κ3) is 6.05. The number of hydrogen-bond donors (Lipinski definition) is 1. The Balaban J connectivity index is 2.62. The molecule has 1 aromatic rings. The number of rotatable bonds is 7. The number of hydrogen-bond acceptors (Lipinski definition) is 4. The molecule has 0 aliphatic heterocycles. The molecule has 1 unspecified atom stereocenters. The van der Waals surface area contributed by atoms with E-state index in [-0.39, 0.29) is 0 Å².